The Morgan fingerprint density at radius 2 is 1.38 bits per heavy atom. The van der Waals surface area contributed by atoms with E-state index in [-0.39, 0.29) is 37.9 Å². The van der Waals surface area contributed by atoms with Crippen molar-refractivity contribution in [1.82, 2.24) is 9.80 Å². The van der Waals surface area contributed by atoms with Gasteiger partial charge in [-0.3, -0.25) is 9.69 Å². The van der Waals surface area contributed by atoms with Crippen molar-refractivity contribution in [2.45, 2.75) is 55.9 Å². The van der Waals surface area contributed by atoms with Crippen molar-refractivity contribution in [1.29, 1.82) is 0 Å². The summed E-state index contributed by atoms with van der Waals surface area (Å²) in [6.07, 6.45) is -11.2. The molecule has 42 heavy (non-hydrogen) atoms. The molecule has 2 atom stereocenters. The van der Waals surface area contributed by atoms with Crippen LogP contribution in [-0.4, -0.2) is 60.9 Å². The van der Waals surface area contributed by atoms with Crippen LogP contribution in [0, 0.1) is 11.7 Å². The van der Waals surface area contributed by atoms with Gasteiger partial charge in [-0.25, -0.2) is 18.0 Å². The third-order valence-electron chi connectivity index (χ3n) is 8.01. The third-order valence-corrected chi connectivity index (χ3v) is 8.01. The van der Waals surface area contributed by atoms with Gasteiger partial charge in [0.25, 0.3) is 0 Å². The number of urea groups is 1. The lowest BCUT2D eigenvalue weighted by Crippen LogP contribution is -2.48. The van der Waals surface area contributed by atoms with Gasteiger partial charge in [0.1, 0.15) is 5.82 Å². The Labute approximate surface area is 235 Å². The van der Waals surface area contributed by atoms with E-state index in [0.29, 0.717) is 22.6 Å². The second-order valence-electron chi connectivity index (χ2n) is 10.8. The van der Waals surface area contributed by atoms with Crippen molar-refractivity contribution < 1.29 is 49.1 Å². The zero-order chi connectivity index (χ0) is 31.2. The molecule has 2 aromatic carbocycles. The van der Waals surface area contributed by atoms with Gasteiger partial charge in [0.15, 0.2) is 0 Å². The van der Waals surface area contributed by atoms with E-state index in [1.807, 2.05) is 0 Å². The van der Waals surface area contributed by atoms with Crippen molar-refractivity contribution in [3.05, 3.63) is 65.0 Å². The summed E-state index contributed by atoms with van der Waals surface area (Å²) < 4.78 is 121. The molecule has 0 N–H and O–H groups in total. The molecule has 3 amide bonds. The molecule has 1 aliphatic carbocycles. The maximum Gasteiger partial charge on any atom is 0.416 e. The summed E-state index contributed by atoms with van der Waals surface area (Å²) in [7, 11) is 2.33. The highest BCUT2D eigenvalue weighted by molar-refractivity contribution is 5.92. The zero-order valence-electron chi connectivity index (χ0n) is 22.6. The van der Waals surface area contributed by atoms with Crippen LogP contribution in [0.5, 0.6) is 0 Å². The van der Waals surface area contributed by atoms with Crippen molar-refractivity contribution in [3.8, 4) is 0 Å². The van der Waals surface area contributed by atoms with Gasteiger partial charge >= 0.3 is 18.4 Å². The number of hydrogen-bond donors (Lipinski definition) is 0. The first kappa shape index (κ1) is 31.5. The van der Waals surface area contributed by atoms with Crippen molar-refractivity contribution >= 4 is 17.6 Å². The summed E-state index contributed by atoms with van der Waals surface area (Å²) in [5.41, 5.74) is -3.29. The second-order valence-corrected chi connectivity index (χ2v) is 10.8. The van der Waals surface area contributed by atoms with Crippen LogP contribution in [0.1, 0.15) is 48.3 Å². The molecule has 1 saturated carbocycles. The van der Waals surface area contributed by atoms with E-state index in [4.69, 9.17) is 0 Å². The Balaban J connectivity index is 1.62. The minimum atomic E-state index is -5.12. The Bertz CT molecular complexity index is 1270. The fraction of sp³-hybridized carbons (Fsp3) is 0.500. The number of anilines is 1. The lowest BCUT2D eigenvalue weighted by Gasteiger charge is -2.33. The third kappa shape index (κ3) is 6.78. The number of hydrogen-bond acceptors (Lipinski definition) is 2. The number of carbonyl (C=O) groups is 2. The maximum absolute atomic E-state index is 13.7. The molecule has 230 valence electrons. The molecule has 2 fully saturated rings. The Kier molecular flexibility index (Phi) is 8.49. The highest BCUT2D eigenvalue weighted by atomic mass is 19.4. The van der Waals surface area contributed by atoms with E-state index in [1.54, 1.807) is 0 Å². The number of carbonyl (C=O) groups excluding carboxylic acids is 2. The molecule has 14 heteroatoms. The monoisotopic (exact) mass is 609 g/mol. The number of halogens is 9. The smallest absolute Gasteiger partial charge is 0.340 e. The van der Waals surface area contributed by atoms with Crippen LogP contribution in [0.2, 0.25) is 0 Å². The molecule has 0 bridgehead atoms. The van der Waals surface area contributed by atoms with Crippen LogP contribution in [0.3, 0.4) is 0 Å². The molecule has 5 nitrogen and oxygen atoms in total. The maximum atomic E-state index is 13.7. The number of benzene rings is 2. The average molecular weight is 610 g/mol. The average Bonchev–Trinajstić information content (AvgIpc) is 3.36. The molecule has 2 aliphatic rings. The molecule has 4 rings (SSSR count). The summed E-state index contributed by atoms with van der Waals surface area (Å²) >= 11 is 0. The molecule has 1 heterocycles. The molecule has 2 aromatic rings. The van der Waals surface area contributed by atoms with Gasteiger partial charge in [-0.1, -0.05) is 12.1 Å². The van der Waals surface area contributed by atoms with E-state index >= 15 is 0 Å². The summed E-state index contributed by atoms with van der Waals surface area (Å²) in [6, 6.07) is 4.31. The van der Waals surface area contributed by atoms with Crippen LogP contribution >= 0.6 is 0 Å². The van der Waals surface area contributed by atoms with Gasteiger partial charge < -0.3 is 9.80 Å². The van der Waals surface area contributed by atoms with Crippen LogP contribution in [-0.2, 0) is 17.1 Å². The quantitative estimate of drug-likeness (QED) is 0.345. The summed E-state index contributed by atoms with van der Waals surface area (Å²) in [4.78, 5) is 30.0. The number of amides is 3. The van der Waals surface area contributed by atoms with E-state index < -0.39 is 77.7 Å². The van der Waals surface area contributed by atoms with Gasteiger partial charge in [-0.15, -0.1) is 0 Å². The van der Waals surface area contributed by atoms with Crippen LogP contribution in [0.4, 0.5) is 50.0 Å². The lowest BCUT2D eigenvalue weighted by atomic mass is 9.86. The predicted molar refractivity (Wildman–Crippen MR) is 134 cm³/mol. The highest BCUT2D eigenvalue weighted by Crippen LogP contribution is 2.41. The van der Waals surface area contributed by atoms with Crippen molar-refractivity contribution in [2.24, 2.45) is 5.92 Å². The van der Waals surface area contributed by atoms with E-state index in [1.165, 1.54) is 36.2 Å². The summed E-state index contributed by atoms with van der Waals surface area (Å²) in [5.74, 6) is -5.05. The number of likely N-dealkylation sites (N-methyl/N-ethyl adjacent to an activating group) is 1. The number of nitrogens with zero attached hydrogens (tertiary/aromatic N) is 3. The summed E-state index contributed by atoms with van der Waals surface area (Å²) in [6.45, 7) is -0.0224. The summed E-state index contributed by atoms with van der Waals surface area (Å²) in [5, 5.41) is 0. The Hall–Kier alpha value is -3.45. The van der Waals surface area contributed by atoms with E-state index in [2.05, 4.69) is 0 Å². The minimum absolute atomic E-state index is 0.0250. The normalized spacial score (nSPS) is 21.4. The molecule has 2 unspecified atom stereocenters. The standard InChI is InChI=1S/C28H28F9N3O2/c1-38(21-12-18(27(32,33)34)11-19(13-21)28(35,36)37)25(42)39(2)23-15-40(14-22(23)16-3-5-20(29)6-4-16)24(41)17-7-9-26(30,31)10-8-17/h3-6,11-13,17,22-23H,7-10,14-15H2,1-2H3. The second kappa shape index (κ2) is 11.3. The molecular weight excluding hydrogens is 581 g/mol. The number of alkyl halides is 8. The molecule has 0 spiro atoms. The SMILES string of the molecule is CN(C(=O)N(C)C1CN(C(=O)C2CCC(F)(F)CC2)CC1c1ccc(F)cc1)c1cc(C(F)(F)F)cc(C(F)(F)F)c1. The number of likely N-dealkylation sites (tertiary alicyclic amines) is 1. The molecule has 0 aromatic heterocycles. The minimum Gasteiger partial charge on any atom is -0.340 e. The van der Waals surface area contributed by atoms with Gasteiger partial charge in [-0.05, 0) is 48.7 Å². The van der Waals surface area contributed by atoms with Crippen LogP contribution in [0.25, 0.3) is 0 Å². The van der Waals surface area contributed by atoms with Crippen molar-refractivity contribution in [2.75, 3.05) is 32.1 Å². The first-order valence-electron chi connectivity index (χ1n) is 13.1. The molecular formula is C28H28F9N3O2. The van der Waals surface area contributed by atoms with E-state index in [0.717, 1.165) is 11.9 Å². The lowest BCUT2D eigenvalue weighted by molar-refractivity contribution is -0.143. The largest absolute Gasteiger partial charge is 0.416 e. The first-order chi connectivity index (χ1) is 19.4. The van der Waals surface area contributed by atoms with Gasteiger partial charge in [-0.2, -0.15) is 26.3 Å². The Morgan fingerprint density at radius 1 is 0.857 bits per heavy atom. The van der Waals surface area contributed by atoms with E-state index in [9.17, 15) is 49.1 Å². The van der Waals surface area contributed by atoms with Crippen LogP contribution < -0.4 is 4.90 Å². The van der Waals surface area contributed by atoms with Crippen LogP contribution in [0.15, 0.2) is 42.5 Å². The predicted octanol–water partition coefficient (Wildman–Crippen LogP) is 7.17. The molecule has 1 saturated heterocycles. The van der Waals surface area contributed by atoms with Gasteiger partial charge in [0.05, 0.1) is 17.2 Å². The molecule has 1 aliphatic heterocycles. The highest BCUT2D eigenvalue weighted by Gasteiger charge is 2.45. The first-order valence-corrected chi connectivity index (χ1v) is 13.1. The fourth-order valence-corrected chi connectivity index (χ4v) is 5.56. The fourth-order valence-electron chi connectivity index (χ4n) is 5.56. The Morgan fingerprint density at radius 3 is 1.88 bits per heavy atom. The molecule has 0 radical (unpaired) electrons. The van der Waals surface area contributed by atoms with Gasteiger partial charge in [0, 0.05) is 57.5 Å². The van der Waals surface area contributed by atoms with Gasteiger partial charge in [0.2, 0.25) is 11.8 Å². The van der Waals surface area contributed by atoms with Crippen molar-refractivity contribution in [3.63, 3.8) is 0 Å². The zero-order valence-corrected chi connectivity index (χ0v) is 22.6. The number of rotatable bonds is 4. The topological polar surface area (TPSA) is 43.9 Å².